The zero-order valence-corrected chi connectivity index (χ0v) is 12.2. The largest absolute Gasteiger partial charge is 0.375 e. The van der Waals surface area contributed by atoms with E-state index in [0.29, 0.717) is 5.56 Å². The third-order valence-electron chi connectivity index (χ3n) is 3.48. The molecule has 2 rings (SSSR count). The van der Waals surface area contributed by atoms with Gasteiger partial charge in [0.05, 0.1) is 23.2 Å². The monoisotopic (exact) mass is 293 g/mol. The third-order valence-corrected chi connectivity index (χ3v) is 3.48. The summed E-state index contributed by atoms with van der Waals surface area (Å²) in [5.74, 6) is -0.245. The number of nitrogens with zero attached hydrogens (tertiary/aromatic N) is 1. The van der Waals surface area contributed by atoms with Gasteiger partial charge in [0.2, 0.25) is 0 Å². The molecule has 1 aliphatic rings. The summed E-state index contributed by atoms with van der Waals surface area (Å²) in [5, 5.41) is 10.7. The van der Waals surface area contributed by atoms with Crippen LogP contribution in [0.4, 0.5) is 5.69 Å². The second-order valence-electron chi connectivity index (χ2n) is 5.39. The fourth-order valence-electron chi connectivity index (χ4n) is 2.55. The first-order chi connectivity index (χ1) is 9.95. The summed E-state index contributed by atoms with van der Waals surface area (Å²) in [4.78, 5) is 22.2. The van der Waals surface area contributed by atoms with Crippen molar-refractivity contribution in [1.82, 2.24) is 0 Å². The minimum absolute atomic E-state index is 0.00796. The van der Waals surface area contributed by atoms with Gasteiger partial charge in [-0.2, -0.15) is 0 Å². The number of nitro benzene ring substituents is 1. The summed E-state index contributed by atoms with van der Waals surface area (Å²) in [6.07, 6.45) is 1.74. The number of nitro groups is 1. The minimum Gasteiger partial charge on any atom is -0.375 e. The van der Waals surface area contributed by atoms with Crippen molar-refractivity contribution >= 4 is 11.5 Å². The fourth-order valence-corrected chi connectivity index (χ4v) is 2.55. The number of non-ortho nitro benzene ring substituents is 1. The van der Waals surface area contributed by atoms with Crippen molar-refractivity contribution < 1.29 is 19.2 Å². The number of carbonyl (C=O) groups is 1. The maximum atomic E-state index is 12.0. The fraction of sp³-hybridized carbons (Fsp3) is 0.533. The molecule has 1 saturated heterocycles. The summed E-state index contributed by atoms with van der Waals surface area (Å²) in [7, 11) is 0. The van der Waals surface area contributed by atoms with E-state index < -0.39 is 4.92 Å². The van der Waals surface area contributed by atoms with E-state index >= 15 is 0 Å². The maximum absolute atomic E-state index is 12.0. The van der Waals surface area contributed by atoms with Crippen LogP contribution in [0.5, 0.6) is 0 Å². The van der Waals surface area contributed by atoms with E-state index in [2.05, 4.69) is 0 Å². The highest BCUT2D eigenvalue weighted by Crippen LogP contribution is 2.22. The molecule has 2 atom stereocenters. The molecule has 0 amide bonds. The number of rotatable bonds is 5. The molecule has 0 saturated carbocycles. The van der Waals surface area contributed by atoms with Gasteiger partial charge in [0.15, 0.2) is 5.78 Å². The zero-order valence-electron chi connectivity index (χ0n) is 12.2. The van der Waals surface area contributed by atoms with E-state index in [1.165, 1.54) is 18.2 Å². The van der Waals surface area contributed by atoms with E-state index in [-0.39, 0.29) is 36.4 Å². The maximum Gasteiger partial charge on any atom is 0.270 e. The van der Waals surface area contributed by atoms with Crippen molar-refractivity contribution in [2.75, 3.05) is 6.61 Å². The van der Waals surface area contributed by atoms with E-state index in [0.717, 1.165) is 12.8 Å². The summed E-state index contributed by atoms with van der Waals surface area (Å²) < 4.78 is 11.3. The highest BCUT2D eigenvalue weighted by atomic mass is 16.6. The molecule has 0 spiro atoms. The van der Waals surface area contributed by atoms with Gasteiger partial charge < -0.3 is 9.47 Å². The highest BCUT2D eigenvalue weighted by molar-refractivity contribution is 5.97. The molecular weight excluding hydrogens is 274 g/mol. The number of ketones is 1. The third kappa shape index (κ3) is 4.34. The van der Waals surface area contributed by atoms with E-state index in [1.807, 2.05) is 13.8 Å². The normalized spacial score (nSPS) is 25.5. The Labute approximate surface area is 123 Å². The number of benzene rings is 1. The molecule has 6 nitrogen and oxygen atoms in total. The predicted octanol–water partition coefficient (Wildman–Crippen LogP) is 2.75. The van der Waals surface area contributed by atoms with Gasteiger partial charge in [-0.15, -0.1) is 0 Å². The topological polar surface area (TPSA) is 78.7 Å². The standard InChI is InChI=1S/C15H19NO5/c1-10-6-14(7-11(2)21-10)20-9-15(17)12-4-3-5-13(8-12)16(18)19/h3-5,8,10-11,14H,6-7,9H2,1-2H3. The predicted molar refractivity (Wildman–Crippen MR) is 76.4 cm³/mol. The second-order valence-corrected chi connectivity index (χ2v) is 5.39. The van der Waals surface area contributed by atoms with Crippen LogP contribution < -0.4 is 0 Å². The lowest BCUT2D eigenvalue weighted by atomic mass is 10.0. The van der Waals surface area contributed by atoms with Gasteiger partial charge in [-0.05, 0) is 26.7 Å². The number of Topliss-reactive ketones (excluding diaryl/α,β-unsaturated/α-hetero) is 1. The van der Waals surface area contributed by atoms with Crippen LogP contribution in [0.1, 0.15) is 37.0 Å². The van der Waals surface area contributed by atoms with Gasteiger partial charge in [0.1, 0.15) is 6.61 Å². The average molecular weight is 293 g/mol. The average Bonchev–Trinajstić information content (AvgIpc) is 2.44. The Kier molecular flexibility index (Phi) is 5.03. The first kappa shape index (κ1) is 15.6. The van der Waals surface area contributed by atoms with Crippen molar-refractivity contribution in [2.24, 2.45) is 0 Å². The van der Waals surface area contributed by atoms with Crippen molar-refractivity contribution in [3.05, 3.63) is 39.9 Å². The Balaban J connectivity index is 1.92. The Morgan fingerprint density at radius 1 is 1.38 bits per heavy atom. The summed E-state index contributed by atoms with van der Waals surface area (Å²) in [5.41, 5.74) is 0.214. The highest BCUT2D eigenvalue weighted by Gasteiger charge is 2.25. The molecule has 0 aromatic heterocycles. The van der Waals surface area contributed by atoms with Gasteiger partial charge in [-0.1, -0.05) is 12.1 Å². The molecule has 1 heterocycles. The van der Waals surface area contributed by atoms with Crippen molar-refractivity contribution in [2.45, 2.75) is 45.0 Å². The Morgan fingerprint density at radius 3 is 2.67 bits per heavy atom. The lowest BCUT2D eigenvalue weighted by Gasteiger charge is -2.31. The summed E-state index contributed by atoms with van der Waals surface area (Å²) in [6.45, 7) is 3.90. The summed E-state index contributed by atoms with van der Waals surface area (Å²) in [6, 6.07) is 5.71. The molecule has 1 aromatic carbocycles. The molecule has 0 aliphatic carbocycles. The molecule has 0 radical (unpaired) electrons. The molecule has 1 fully saturated rings. The number of hydrogen-bond acceptors (Lipinski definition) is 5. The van der Waals surface area contributed by atoms with Crippen molar-refractivity contribution in [1.29, 1.82) is 0 Å². The number of carbonyl (C=O) groups excluding carboxylic acids is 1. The molecule has 0 bridgehead atoms. The van der Waals surface area contributed by atoms with Gasteiger partial charge >= 0.3 is 0 Å². The molecule has 114 valence electrons. The molecular formula is C15H19NO5. The minimum atomic E-state index is -0.514. The van der Waals surface area contributed by atoms with Gasteiger partial charge in [0.25, 0.3) is 5.69 Å². The van der Waals surface area contributed by atoms with Crippen LogP contribution in [0.2, 0.25) is 0 Å². The Hall–Kier alpha value is -1.79. The molecule has 21 heavy (non-hydrogen) atoms. The smallest absolute Gasteiger partial charge is 0.270 e. The SMILES string of the molecule is CC1CC(OCC(=O)c2cccc([N+](=O)[O-])c2)CC(C)O1. The van der Waals surface area contributed by atoms with Crippen LogP contribution in [-0.2, 0) is 9.47 Å². The second kappa shape index (κ2) is 6.78. The van der Waals surface area contributed by atoms with E-state index in [4.69, 9.17) is 9.47 Å². The van der Waals surface area contributed by atoms with E-state index in [1.54, 1.807) is 6.07 Å². The Bertz CT molecular complexity index is 521. The van der Waals surface area contributed by atoms with Crippen LogP contribution in [0.25, 0.3) is 0 Å². The first-order valence-corrected chi connectivity index (χ1v) is 7.00. The van der Waals surface area contributed by atoms with Crippen LogP contribution >= 0.6 is 0 Å². The van der Waals surface area contributed by atoms with Crippen LogP contribution in [0, 0.1) is 10.1 Å². The van der Waals surface area contributed by atoms with Crippen LogP contribution in [-0.4, -0.2) is 35.6 Å². The van der Waals surface area contributed by atoms with Gasteiger partial charge in [0, 0.05) is 17.7 Å². The lowest BCUT2D eigenvalue weighted by molar-refractivity contribution is -0.384. The number of ether oxygens (including phenoxy) is 2. The molecule has 1 aromatic rings. The van der Waals surface area contributed by atoms with Crippen LogP contribution in [0.15, 0.2) is 24.3 Å². The lowest BCUT2D eigenvalue weighted by Crippen LogP contribution is -2.35. The molecule has 0 N–H and O–H groups in total. The zero-order chi connectivity index (χ0) is 15.4. The number of hydrogen-bond donors (Lipinski definition) is 0. The molecule has 6 heteroatoms. The molecule has 1 aliphatic heterocycles. The molecule has 2 unspecified atom stereocenters. The van der Waals surface area contributed by atoms with Crippen molar-refractivity contribution in [3.63, 3.8) is 0 Å². The summed E-state index contributed by atoms with van der Waals surface area (Å²) >= 11 is 0. The quantitative estimate of drug-likeness (QED) is 0.474. The van der Waals surface area contributed by atoms with Gasteiger partial charge in [-0.25, -0.2) is 0 Å². The van der Waals surface area contributed by atoms with Gasteiger partial charge in [-0.3, -0.25) is 14.9 Å². The Morgan fingerprint density at radius 2 is 2.05 bits per heavy atom. The van der Waals surface area contributed by atoms with Crippen LogP contribution in [0.3, 0.4) is 0 Å². The van der Waals surface area contributed by atoms with Crippen molar-refractivity contribution in [3.8, 4) is 0 Å². The van der Waals surface area contributed by atoms with E-state index in [9.17, 15) is 14.9 Å². The first-order valence-electron chi connectivity index (χ1n) is 7.00.